The van der Waals surface area contributed by atoms with Gasteiger partial charge in [0.2, 0.25) is 5.95 Å². The molecule has 0 aliphatic rings. The van der Waals surface area contributed by atoms with E-state index in [2.05, 4.69) is 15.3 Å². The minimum Gasteiger partial charge on any atom is -0.357 e. The van der Waals surface area contributed by atoms with Crippen LogP contribution in [-0.2, 0) is 0 Å². The Morgan fingerprint density at radius 3 is 2.53 bits per heavy atom. The zero-order valence-corrected chi connectivity index (χ0v) is 11.1. The quantitative estimate of drug-likeness (QED) is 0.860. The van der Waals surface area contributed by atoms with Crippen LogP contribution in [0.15, 0.2) is 40.3 Å². The van der Waals surface area contributed by atoms with Crippen LogP contribution < -0.4 is 5.32 Å². The highest BCUT2D eigenvalue weighted by atomic mass is 35.5. The summed E-state index contributed by atoms with van der Waals surface area (Å²) in [5.41, 5.74) is 0.945. The summed E-state index contributed by atoms with van der Waals surface area (Å²) in [7, 11) is 1.81. The van der Waals surface area contributed by atoms with E-state index in [0.717, 1.165) is 20.6 Å². The Labute approximate surface area is 110 Å². The van der Waals surface area contributed by atoms with Crippen molar-refractivity contribution in [3.8, 4) is 0 Å². The normalized spacial score (nSPS) is 10.3. The summed E-state index contributed by atoms with van der Waals surface area (Å²) < 4.78 is 0. The first kappa shape index (κ1) is 12.2. The van der Waals surface area contributed by atoms with Gasteiger partial charge in [0.1, 0.15) is 5.03 Å². The summed E-state index contributed by atoms with van der Waals surface area (Å²) >= 11 is 7.43. The lowest BCUT2D eigenvalue weighted by Crippen LogP contribution is -1.98. The standard InChI is InChI=1S/C12H12ClN3S/c1-8-7-11(16-12(14-2)15-8)17-10-5-3-9(13)4-6-10/h3-7H,1-2H3,(H,14,15,16). The summed E-state index contributed by atoms with van der Waals surface area (Å²) in [5.74, 6) is 0.640. The van der Waals surface area contributed by atoms with Crippen LogP contribution in [0.2, 0.25) is 5.02 Å². The highest BCUT2D eigenvalue weighted by Crippen LogP contribution is 2.27. The molecule has 0 spiro atoms. The Morgan fingerprint density at radius 1 is 1.18 bits per heavy atom. The number of benzene rings is 1. The number of halogens is 1. The minimum atomic E-state index is 0.640. The molecule has 0 amide bonds. The summed E-state index contributed by atoms with van der Waals surface area (Å²) in [5, 5.41) is 4.61. The molecule has 0 bridgehead atoms. The number of hydrogen-bond donors (Lipinski definition) is 1. The van der Waals surface area contributed by atoms with Gasteiger partial charge >= 0.3 is 0 Å². The van der Waals surface area contributed by atoms with Gasteiger partial charge < -0.3 is 5.32 Å². The monoisotopic (exact) mass is 265 g/mol. The van der Waals surface area contributed by atoms with Crippen LogP contribution in [0.1, 0.15) is 5.69 Å². The molecule has 1 aromatic heterocycles. The van der Waals surface area contributed by atoms with Gasteiger partial charge in [-0.15, -0.1) is 0 Å². The van der Waals surface area contributed by atoms with Gasteiger partial charge in [-0.2, -0.15) is 0 Å². The van der Waals surface area contributed by atoms with Crippen molar-refractivity contribution in [3.05, 3.63) is 41.0 Å². The number of aryl methyl sites for hydroxylation is 1. The average Bonchev–Trinajstić information content (AvgIpc) is 2.31. The molecule has 0 unspecified atom stereocenters. The fourth-order valence-electron chi connectivity index (χ4n) is 1.33. The first-order valence-corrected chi connectivity index (χ1v) is 6.33. The largest absolute Gasteiger partial charge is 0.357 e. The zero-order valence-electron chi connectivity index (χ0n) is 9.57. The lowest BCUT2D eigenvalue weighted by Gasteiger charge is -2.05. The van der Waals surface area contributed by atoms with Gasteiger partial charge in [-0.1, -0.05) is 23.4 Å². The lowest BCUT2D eigenvalue weighted by atomic mass is 10.4. The predicted molar refractivity (Wildman–Crippen MR) is 71.9 cm³/mol. The van der Waals surface area contributed by atoms with E-state index in [4.69, 9.17) is 11.6 Å². The molecule has 0 aliphatic heterocycles. The third kappa shape index (κ3) is 3.35. The molecular weight excluding hydrogens is 254 g/mol. The van der Waals surface area contributed by atoms with Crippen molar-refractivity contribution < 1.29 is 0 Å². The summed E-state index contributed by atoms with van der Waals surface area (Å²) in [6.07, 6.45) is 0. The Kier molecular flexibility index (Phi) is 3.86. The fourth-order valence-corrected chi connectivity index (χ4v) is 2.33. The van der Waals surface area contributed by atoms with Gasteiger partial charge in [0.25, 0.3) is 0 Å². The Morgan fingerprint density at radius 2 is 1.88 bits per heavy atom. The molecular formula is C12H12ClN3S. The van der Waals surface area contributed by atoms with E-state index >= 15 is 0 Å². The third-order valence-electron chi connectivity index (χ3n) is 2.09. The second kappa shape index (κ2) is 5.38. The molecule has 1 N–H and O–H groups in total. The van der Waals surface area contributed by atoms with E-state index in [9.17, 15) is 0 Å². The topological polar surface area (TPSA) is 37.8 Å². The summed E-state index contributed by atoms with van der Waals surface area (Å²) in [6, 6.07) is 9.65. The number of nitrogens with one attached hydrogen (secondary N) is 1. The van der Waals surface area contributed by atoms with Crippen molar-refractivity contribution in [1.29, 1.82) is 0 Å². The van der Waals surface area contributed by atoms with Gasteiger partial charge in [0, 0.05) is 22.7 Å². The molecule has 2 rings (SSSR count). The Bertz CT molecular complexity index is 514. The van der Waals surface area contributed by atoms with Gasteiger partial charge in [-0.05, 0) is 37.3 Å². The van der Waals surface area contributed by atoms with Crippen molar-refractivity contribution in [2.45, 2.75) is 16.8 Å². The molecule has 3 nitrogen and oxygen atoms in total. The maximum absolute atomic E-state index is 5.84. The van der Waals surface area contributed by atoms with Crippen molar-refractivity contribution in [2.75, 3.05) is 12.4 Å². The van der Waals surface area contributed by atoms with E-state index < -0.39 is 0 Å². The average molecular weight is 266 g/mol. The van der Waals surface area contributed by atoms with Crippen LogP contribution in [0.5, 0.6) is 0 Å². The lowest BCUT2D eigenvalue weighted by molar-refractivity contribution is 1.01. The second-order valence-electron chi connectivity index (χ2n) is 3.48. The molecule has 88 valence electrons. The molecule has 17 heavy (non-hydrogen) atoms. The Hall–Kier alpha value is -1.26. The van der Waals surface area contributed by atoms with Crippen molar-refractivity contribution in [2.24, 2.45) is 0 Å². The van der Waals surface area contributed by atoms with Crippen LogP contribution in [0, 0.1) is 6.92 Å². The van der Waals surface area contributed by atoms with Gasteiger partial charge in [0.05, 0.1) is 0 Å². The van der Waals surface area contributed by atoms with Gasteiger partial charge in [0.15, 0.2) is 0 Å². The molecule has 0 fully saturated rings. The smallest absolute Gasteiger partial charge is 0.223 e. The van der Waals surface area contributed by atoms with Crippen molar-refractivity contribution in [3.63, 3.8) is 0 Å². The highest BCUT2D eigenvalue weighted by molar-refractivity contribution is 7.99. The number of hydrogen-bond acceptors (Lipinski definition) is 4. The fraction of sp³-hybridized carbons (Fsp3) is 0.167. The SMILES string of the molecule is CNc1nc(C)cc(Sc2ccc(Cl)cc2)n1. The third-order valence-corrected chi connectivity index (χ3v) is 3.27. The van der Waals surface area contributed by atoms with Crippen LogP contribution >= 0.6 is 23.4 Å². The second-order valence-corrected chi connectivity index (χ2v) is 5.01. The number of nitrogens with zero attached hydrogens (tertiary/aromatic N) is 2. The molecule has 5 heteroatoms. The van der Waals surface area contributed by atoms with Crippen LogP contribution in [0.4, 0.5) is 5.95 Å². The molecule has 0 aliphatic carbocycles. The van der Waals surface area contributed by atoms with E-state index in [1.54, 1.807) is 11.8 Å². The molecule has 0 atom stereocenters. The highest BCUT2D eigenvalue weighted by Gasteiger charge is 2.03. The minimum absolute atomic E-state index is 0.640. The number of aromatic nitrogens is 2. The first-order valence-electron chi connectivity index (χ1n) is 5.14. The molecule has 0 saturated heterocycles. The number of anilines is 1. The maximum atomic E-state index is 5.84. The van der Waals surface area contributed by atoms with Crippen LogP contribution in [0.3, 0.4) is 0 Å². The van der Waals surface area contributed by atoms with E-state index in [1.165, 1.54) is 0 Å². The molecule has 1 heterocycles. The van der Waals surface area contributed by atoms with E-state index in [-0.39, 0.29) is 0 Å². The zero-order chi connectivity index (χ0) is 12.3. The van der Waals surface area contributed by atoms with Crippen molar-refractivity contribution >= 4 is 29.3 Å². The Balaban J connectivity index is 2.23. The van der Waals surface area contributed by atoms with E-state index in [0.29, 0.717) is 5.95 Å². The van der Waals surface area contributed by atoms with Crippen LogP contribution in [-0.4, -0.2) is 17.0 Å². The number of rotatable bonds is 3. The van der Waals surface area contributed by atoms with Gasteiger partial charge in [-0.25, -0.2) is 9.97 Å². The maximum Gasteiger partial charge on any atom is 0.223 e. The molecule has 0 radical (unpaired) electrons. The van der Waals surface area contributed by atoms with Crippen LogP contribution in [0.25, 0.3) is 0 Å². The molecule has 1 aromatic carbocycles. The molecule has 0 saturated carbocycles. The first-order chi connectivity index (χ1) is 8.17. The predicted octanol–water partition coefficient (Wildman–Crippen LogP) is 3.63. The van der Waals surface area contributed by atoms with Crippen molar-refractivity contribution in [1.82, 2.24) is 9.97 Å². The summed E-state index contributed by atoms with van der Waals surface area (Å²) in [6.45, 7) is 1.95. The van der Waals surface area contributed by atoms with Gasteiger partial charge in [-0.3, -0.25) is 0 Å². The summed E-state index contributed by atoms with van der Waals surface area (Å²) in [4.78, 5) is 9.74. The van der Waals surface area contributed by atoms with E-state index in [1.807, 2.05) is 44.3 Å². The molecule has 2 aromatic rings.